The van der Waals surface area contributed by atoms with Crippen LogP contribution in [0.5, 0.6) is 11.5 Å². The van der Waals surface area contributed by atoms with Crippen LogP contribution in [0.4, 0.5) is 36.2 Å². The van der Waals surface area contributed by atoms with E-state index in [1.54, 1.807) is 85.5 Å². The maximum absolute atomic E-state index is 14.7. The van der Waals surface area contributed by atoms with Gasteiger partial charge in [-0.15, -0.1) is 11.6 Å². The first kappa shape index (κ1) is 70.7. The molecule has 0 saturated carbocycles. The third-order valence-electron chi connectivity index (χ3n) is 15.7. The highest BCUT2D eigenvalue weighted by Gasteiger charge is 2.37. The van der Waals surface area contributed by atoms with Crippen molar-refractivity contribution in [2.75, 3.05) is 107 Å². The van der Waals surface area contributed by atoms with E-state index < -0.39 is 77.5 Å². The lowest BCUT2D eigenvalue weighted by Gasteiger charge is -2.26. The van der Waals surface area contributed by atoms with Crippen molar-refractivity contribution in [3.63, 3.8) is 0 Å². The molecule has 3 atom stereocenters. The van der Waals surface area contributed by atoms with E-state index in [0.717, 1.165) is 33.6 Å². The van der Waals surface area contributed by atoms with E-state index in [1.807, 2.05) is 25.1 Å². The van der Waals surface area contributed by atoms with Crippen LogP contribution in [-0.2, 0) is 40.0 Å². The van der Waals surface area contributed by atoms with Gasteiger partial charge in [0.15, 0.2) is 5.78 Å². The first-order valence-corrected chi connectivity index (χ1v) is 31.2. The number of urea groups is 1. The highest BCUT2D eigenvalue weighted by Crippen LogP contribution is 2.47. The Morgan fingerprint density at radius 2 is 1.58 bits per heavy atom. The number of aromatic nitrogens is 2. The van der Waals surface area contributed by atoms with Crippen molar-refractivity contribution in [2.24, 2.45) is 17.6 Å². The summed E-state index contributed by atoms with van der Waals surface area (Å²) in [7, 11) is 1.49. The molecule has 0 radical (unpaired) electrons. The molecule has 504 valence electrons. The average molecular weight is 1330 g/mol. The van der Waals surface area contributed by atoms with E-state index in [0.29, 0.717) is 50.4 Å². The van der Waals surface area contributed by atoms with Crippen LogP contribution >= 0.6 is 11.6 Å². The number of anilines is 3. The topological polar surface area (TPSA) is 373 Å². The van der Waals surface area contributed by atoms with Gasteiger partial charge in [0.1, 0.15) is 42.7 Å². The van der Waals surface area contributed by atoms with Crippen molar-refractivity contribution in [1.82, 2.24) is 35.3 Å². The number of imide groups is 1. The molecule has 0 spiro atoms. The largest absolute Gasteiger partial charge is 0.491 e. The van der Waals surface area contributed by atoms with Gasteiger partial charge in [-0.3, -0.25) is 33.7 Å². The van der Waals surface area contributed by atoms with Gasteiger partial charge in [-0.05, 0) is 96.3 Å². The lowest BCUT2D eigenvalue weighted by molar-refractivity contribution is -0.137. The molecule has 29 heteroatoms. The molecule has 2 aliphatic rings. The fraction of sp³-hybridized carbons (Fsp3) is 0.379. The van der Waals surface area contributed by atoms with Gasteiger partial charge >= 0.3 is 24.3 Å². The summed E-state index contributed by atoms with van der Waals surface area (Å²) in [6, 6.07) is 21.5. The molecule has 2 aliphatic heterocycles. The predicted octanol–water partition coefficient (Wildman–Crippen LogP) is 6.35. The Morgan fingerprint density at radius 1 is 0.842 bits per heavy atom. The van der Waals surface area contributed by atoms with Gasteiger partial charge in [0, 0.05) is 104 Å². The number of ether oxygens (including phenoxy) is 5. The number of fused-ring (bicyclic) bond motifs is 4. The van der Waals surface area contributed by atoms with Gasteiger partial charge in [0.25, 0.3) is 23.6 Å². The zero-order valence-electron chi connectivity index (χ0n) is 52.9. The Bertz CT molecular complexity index is 3810. The molecule has 0 bridgehead atoms. The van der Waals surface area contributed by atoms with Crippen LogP contribution in [0.25, 0.3) is 21.8 Å². The maximum atomic E-state index is 14.7. The Hall–Kier alpha value is -10.2. The van der Waals surface area contributed by atoms with Crippen LogP contribution in [-0.4, -0.2) is 192 Å². The highest BCUT2D eigenvalue weighted by atomic mass is 35.5. The number of carbonyl (C=O) groups excluding carboxylic acids is 10. The molecule has 6 aromatic rings. The second kappa shape index (κ2) is 33.6. The van der Waals surface area contributed by atoms with Crippen LogP contribution in [0.15, 0.2) is 103 Å². The van der Waals surface area contributed by atoms with Gasteiger partial charge in [-0.1, -0.05) is 44.2 Å². The number of alkyl carbamates (subject to hydrolysis) is 1. The van der Waals surface area contributed by atoms with Crippen LogP contribution in [0, 0.1) is 18.8 Å². The smallest absolute Gasteiger partial charge is 0.415 e. The number of Topliss-reactive ketones (excluding diaryl/α,β-unsaturated/α-hetero) is 1. The van der Waals surface area contributed by atoms with Crippen LogP contribution in [0.1, 0.15) is 76.6 Å². The summed E-state index contributed by atoms with van der Waals surface area (Å²) in [4.78, 5) is 144. The summed E-state index contributed by atoms with van der Waals surface area (Å²) in [5.74, 6) is -3.79. The minimum atomic E-state index is -1.07. The number of carbonyl (C=O) groups is 10. The highest BCUT2D eigenvalue weighted by molar-refractivity contribution is 6.20. The van der Waals surface area contributed by atoms with Crippen LogP contribution < -0.4 is 41.4 Å². The average Bonchev–Trinajstić information content (AvgIpc) is 1.63. The number of amides is 10. The number of benzene rings is 4. The van der Waals surface area contributed by atoms with Gasteiger partial charge < -0.3 is 80.6 Å². The molecule has 8 rings (SSSR count). The SMILES string of the molecule is Cc1cccc2c(OC(=O)N(CCOCCO)CCN(C)C(=O)OCc3ccc(NC(=O)[C@H](CCCNC(N)=O)CC(=O)[C@@H](NC(=O)OCCN4C(=O)C=CC4=O)C(C)C)cc3)cc3c(c12)[C@H](CCl)CN3C(=O)c1cc2cc(NC(=O)c3ccc(OCCO)cc3)cnc2[nH]1. The number of halogens is 1. The number of primary amides is 1. The number of ketones is 1. The summed E-state index contributed by atoms with van der Waals surface area (Å²) in [5, 5.41) is 31.0. The fourth-order valence-electron chi connectivity index (χ4n) is 10.8. The van der Waals surface area contributed by atoms with E-state index in [9.17, 15) is 53.1 Å². The number of aromatic amines is 1. The summed E-state index contributed by atoms with van der Waals surface area (Å²) in [6.45, 7) is 4.54. The molecule has 0 saturated heterocycles. The molecular weight excluding hydrogens is 1250 g/mol. The molecule has 28 nitrogen and oxygen atoms in total. The number of H-pyrrole nitrogens is 1. The normalized spacial score (nSPS) is 13.9. The number of rotatable bonds is 32. The van der Waals surface area contributed by atoms with Gasteiger partial charge in [0.2, 0.25) is 5.91 Å². The third-order valence-corrected chi connectivity index (χ3v) is 16.1. The van der Waals surface area contributed by atoms with E-state index in [1.165, 1.54) is 23.0 Å². The Morgan fingerprint density at radius 3 is 2.27 bits per heavy atom. The zero-order valence-corrected chi connectivity index (χ0v) is 53.6. The molecular formula is C66H76ClN11O17. The molecule has 4 aromatic carbocycles. The van der Waals surface area contributed by atoms with Gasteiger partial charge in [0.05, 0.1) is 56.6 Å². The molecule has 10 amide bonds. The third kappa shape index (κ3) is 18.8. The van der Waals surface area contributed by atoms with Crippen molar-refractivity contribution in [3.05, 3.63) is 131 Å². The Balaban J connectivity index is 0.887. The number of hydrogen-bond acceptors (Lipinski definition) is 18. The van der Waals surface area contributed by atoms with Crippen molar-refractivity contribution < 1.29 is 81.8 Å². The first-order valence-electron chi connectivity index (χ1n) is 30.7. The minimum absolute atomic E-state index is 0.00105. The predicted molar refractivity (Wildman–Crippen MR) is 349 cm³/mol. The molecule has 2 aromatic heterocycles. The molecule has 95 heavy (non-hydrogen) atoms. The number of hydrogen-bond donors (Lipinski definition) is 8. The van der Waals surface area contributed by atoms with Crippen LogP contribution in [0.2, 0.25) is 0 Å². The molecule has 0 unspecified atom stereocenters. The van der Waals surface area contributed by atoms with E-state index in [2.05, 4.69) is 31.2 Å². The van der Waals surface area contributed by atoms with Gasteiger partial charge in [-0.25, -0.2) is 24.2 Å². The summed E-state index contributed by atoms with van der Waals surface area (Å²) in [6.07, 6.45) is 1.28. The number of nitrogens with two attached hydrogens (primary N) is 1. The second-order valence-corrected chi connectivity index (χ2v) is 23.1. The van der Waals surface area contributed by atoms with Crippen LogP contribution in [0.3, 0.4) is 0 Å². The number of likely N-dealkylation sites (N-methyl/N-ethyl adjacent to an activating group) is 1. The van der Waals surface area contributed by atoms with E-state index in [4.69, 9.17) is 46.1 Å². The monoisotopic (exact) mass is 1330 g/mol. The van der Waals surface area contributed by atoms with E-state index in [-0.39, 0.29) is 128 Å². The van der Waals surface area contributed by atoms with E-state index >= 15 is 0 Å². The van der Waals surface area contributed by atoms with Crippen molar-refractivity contribution >= 4 is 110 Å². The number of aliphatic hydroxyl groups excluding tert-OH is 2. The van der Waals surface area contributed by atoms with Crippen molar-refractivity contribution in [2.45, 2.75) is 58.6 Å². The van der Waals surface area contributed by atoms with Gasteiger partial charge in [-0.2, -0.15) is 0 Å². The van der Waals surface area contributed by atoms with Crippen molar-refractivity contribution in [1.29, 1.82) is 0 Å². The standard InChI is InChI=1S/C66H76ClN11O17/c1-39(2)58(74-64(88)93-28-24-77-54(82)18-19-55(77)83)52(81)33-43(8-6-20-69-63(68)87)61(85)71-46-14-10-41(11-15-46)38-94-65(89)75(4)21-22-76(23-27-91-29-25-79)66(90)95-53-34-51-57(56-40(3)7-5-9-49(53)56)45(35-67)37-78(51)62(86)50-32-44-31-47(36-70-59(44)73-50)72-60(84)42-12-16-48(17-13-42)92-30-26-80/h5,7,9-19,31-32,34,36,39,43,45,58,79-80H,6,8,20-30,33,35,37-38H2,1-4H3,(H,70,73)(H,71,85)(H,72,84)(H,74,88)(H3,68,69,87)/t43-,45-,58+/m1/s1. The number of aliphatic hydroxyl groups is 2. The lowest BCUT2D eigenvalue weighted by Crippen LogP contribution is -2.46. The number of aryl methyl sites for hydroxylation is 1. The molecule has 9 N–H and O–H groups in total. The lowest BCUT2D eigenvalue weighted by atomic mass is 9.89. The first-order chi connectivity index (χ1) is 45.7. The zero-order chi connectivity index (χ0) is 68.3. The number of nitrogens with zero attached hydrogens (tertiary/aromatic N) is 5. The number of pyridine rings is 1. The fourth-order valence-corrected chi connectivity index (χ4v) is 11.0. The Kier molecular flexibility index (Phi) is 25.0. The maximum Gasteiger partial charge on any atom is 0.415 e. The number of nitrogens with one attached hydrogen (secondary N) is 5. The van der Waals surface area contributed by atoms with Crippen molar-refractivity contribution in [3.8, 4) is 11.5 Å². The second-order valence-electron chi connectivity index (χ2n) is 22.8. The molecule has 0 aliphatic carbocycles. The summed E-state index contributed by atoms with van der Waals surface area (Å²) < 4.78 is 28.0. The number of alkyl halides is 1. The quantitative estimate of drug-likeness (QED) is 0.0130. The molecule has 0 fully saturated rings. The Labute approximate surface area is 551 Å². The minimum Gasteiger partial charge on any atom is -0.491 e. The molecule has 4 heterocycles. The summed E-state index contributed by atoms with van der Waals surface area (Å²) in [5.41, 5.74) is 9.55. The summed E-state index contributed by atoms with van der Waals surface area (Å²) >= 11 is 6.66.